The van der Waals surface area contributed by atoms with Crippen molar-refractivity contribution in [2.45, 2.75) is 46.2 Å². The van der Waals surface area contributed by atoms with Crippen molar-refractivity contribution in [2.75, 3.05) is 0 Å². The quantitative estimate of drug-likeness (QED) is 0.588. The summed E-state index contributed by atoms with van der Waals surface area (Å²) in [4.78, 5) is 30.6. The molecule has 3 aromatic rings. The van der Waals surface area contributed by atoms with Gasteiger partial charge in [-0.15, -0.1) is 0 Å². The van der Waals surface area contributed by atoms with Gasteiger partial charge in [0.2, 0.25) is 0 Å². The first-order chi connectivity index (χ1) is 13.6. The average Bonchev–Trinajstić information content (AvgIpc) is 2.65. The fourth-order valence-corrected chi connectivity index (χ4v) is 3.85. The molecule has 5 heteroatoms. The van der Waals surface area contributed by atoms with E-state index in [1.807, 2.05) is 71.0 Å². The number of fused-ring (bicyclic) bond motifs is 1. The highest BCUT2D eigenvalue weighted by Crippen LogP contribution is 2.30. The third kappa shape index (κ3) is 3.99. The first-order valence-electron chi connectivity index (χ1n) is 9.61. The standard InChI is InChI=1S/C24H26N2O3/c1-15-13-17(16(2)26(23(28)29)24(3,4)5)9-10-19(15)22(27)21-8-6-7-18-14-25-12-11-20(18)21/h6-14,16H,1-5H3,(H,28,29)/t16-/m0/s1. The van der Waals surface area contributed by atoms with Gasteiger partial charge < -0.3 is 5.11 Å². The van der Waals surface area contributed by atoms with Crippen LogP contribution in [-0.4, -0.2) is 32.4 Å². The van der Waals surface area contributed by atoms with Gasteiger partial charge in [-0.3, -0.25) is 14.7 Å². The molecule has 1 atom stereocenters. The number of carbonyl (C=O) groups is 2. The molecular formula is C24H26N2O3. The van der Waals surface area contributed by atoms with E-state index in [1.54, 1.807) is 18.5 Å². The smallest absolute Gasteiger partial charge is 0.408 e. The van der Waals surface area contributed by atoms with Crippen molar-refractivity contribution in [2.24, 2.45) is 0 Å². The molecule has 2 aromatic carbocycles. The van der Waals surface area contributed by atoms with Crippen molar-refractivity contribution in [3.8, 4) is 0 Å². The van der Waals surface area contributed by atoms with Crippen LogP contribution in [0.4, 0.5) is 4.79 Å². The molecule has 1 heterocycles. The lowest BCUT2D eigenvalue weighted by molar-refractivity contribution is 0.0752. The fourth-order valence-electron chi connectivity index (χ4n) is 3.85. The minimum atomic E-state index is -0.966. The molecule has 3 rings (SSSR count). The number of hydrogen-bond acceptors (Lipinski definition) is 3. The number of hydrogen-bond donors (Lipinski definition) is 1. The maximum absolute atomic E-state index is 13.2. The number of carbonyl (C=O) groups excluding carboxylic acids is 1. The first-order valence-corrected chi connectivity index (χ1v) is 9.61. The van der Waals surface area contributed by atoms with Crippen molar-refractivity contribution in [1.29, 1.82) is 0 Å². The highest BCUT2D eigenvalue weighted by molar-refractivity contribution is 6.16. The monoisotopic (exact) mass is 390 g/mol. The Kier molecular flexibility index (Phi) is 5.42. The van der Waals surface area contributed by atoms with E-state index in [2.05, 4.69) is 4.98 Å². The maximum Gasteiger partial charge on any atom is 0.408 e. The molecule has 150 valence electrons. The van der Waals surface area contributed by atoms with Crippen LogP contribution in [0.2, 0.25) is 0 Å². The van der Waals surface area contributed by atoms with E-state index in [0.717, 1.165) is 21.9 Å². The van der Waals surface area contributed by atoms with Crippen LogP contribution in [0.15, 0.2) is 54.9 Å². The number of carboxylic acid groups (broad SMARTS) is 1. The Hall–Kier alpha value is -3.21. The van der Waals surface area contributed by atoms with E-state index < -0.39 is 11.6 Å². The van der Waals surface area contributed by atoms with Crippen LogP contribution >= 0.6 is 0 Å². The topological polar surface area (TPSA) is 70.5 Å². The van der Waals surface area contributed by atoms with Crippen LogP contribution in [0.1, 0.15) is 60.8 Å². The molecule has 0 saturated heterocycles. The lowest BCUT2D eigenvalue weighted by Crippen LogP contribution is -2.46. The van der Waals surface area contributed by atoms with E-state index in [4.69, 9.17) is 0 Å². The molecular weight excluding hydrogens is 364 g/mol. The van der Waals surface area contributed by atoms with Crippen LogP contribution < -0.4 is 0 Å². The zero-order valence-electron chi connectivity index (χ0n) is 17.4. The third-order valence-corrected chi connectivity index (χ3v) is 5.22. The molecule has 0 unspecified atom stereocenters. The maximum atomic E-state index is 13.2. The van der Waals surface area contributed by atoms with Gasteiger partial charge in [-0.25, -0.2) is 4.79 Å². The molecule has 0 bridgehead atoms. The van der Waals surface area contributed by atoms with Gasteiger partial charge in [-0.1, -0.05) is 36.4 Å². The second kappa shape index (κ2) is 7.66. The normalized spacial score (nSPS) is 12.6. The molecule has 0 saturated carbocycles. The van der Waals surface area contributed by atoms with Gasteiger partial charge in [0.05, 0.1) is 6.04 Å². The Labute approximate surface area is 171 Å². The summed E-state index contributed by atoms with van der Waals surface area (Å²) in [5.74, 6) is -0.0515. The van der Waals surface area contributed by atoms with Crippen LogP contribution in [0, 0.1) is 6.92 Å². The van der Waals surface area contributed by atoms with Gasteiger partial charge in [0.15, 0.2) is 5.78 Å². The Morgan fingerprint density at radius 2 is 1.79 bits per heavy atom. The lowest BCUT2D eigenvalue weighted by atomic mass is 9.92. The molecule has 29 heavy (non-hydrogen) atoms. The van der Waals surface area contributed by atoms with Gasteiger partial charge in [-0.2, -0.15) is 0 Å². The number of nitrogens with zero attached hydrogens (tertiary/aromatic N) is 2. The minimum absolute atomic E-state index is 0.0515. The largest absolute Gasteiger partial charge is 0.465 e. The van der Waals surface area contributed by atoms with Gasteiger partial charge >= 0.3 is 6.09 Å². The third-order valence-electron chi connectivity index (χ3n) is 5.22. The summed E-state index contributed by atoms with van der Waals surface area (Å²) >= 11 is 0. The summed E-state index contributed by atoms with van der Waals surface area (Å²) in [6, 6.07) is 12.7. The minimum Gasteiger partial charge on any atom is -0.465 e. The van der Waals surface area contributed by atoms with Crippen molar-refractivity contribution in [3.63, 3.8) is 0 Å². The molecule has 1 aromatic heterocycles. The summed E-state index contributed by atoms with van der Waals surface area (Å²) in [5, 5.41) is 11.5. The lowest BCUT2D eigenvalue weighted by Gasteiger charge is -2.38. The van der Waals surface area contributed by atoms with Gasteiger partial charge in [0.25, 0.3) is 0 Å². The zero-order chi connectivity index (χ0) is 21.3. The van der Waals surface area contributed by atoms with Gasteiger partial charge in [-0.05, 0) is 57.2 Å². The number of amides is 1. The first kappa shape index (κ1) is 20.5. The Morgan fingerprint density at radius 3 is 2.41 bits per heavy atom. The predicted octanol–water partition coefficient (Wildman–Crippen LogP) is 5.61. The Bertz CT molecular complexity index is 1080. The van der Waals surface area contributed by atoms with Crippen LogP contribution in [0.3, 0.4) is 0 Å². The van der Waals surface area contributed by atoms with Gasteiger partial charge in [0.1, 0.15) is 0 Å². The number of aromatic nitrogens is 1. The summed E-state index contributed by atoms with van der Waals surface area (Å²) in [6.07, 6.45) is 2.47. The number of aryl methyl sites for hydroxylation is 1. The second-order valence-corrected chi connectivity index (χ2v) is 8.31. The Balaban J connectivity index is 1.99. The molecule has 0 spiro atoms. The van der Waals surface area contributed by atoms with E-state index in [0.29, 0.717) is 11.1 Å². The van der Waals surface area contributed by atoms with Crippen molar-refractivity contribution in [3.05, 3.63) is 77.1 Å². The highest BCUT2D eigenvalue weighted by atomic mass is 16.4. The fraction of sp³-hybridized carbons (Fsp3) is 0.292. The molecule has 0 radical (unpaired) electrons. The predicted molar refractivity (Wildman–Crippen MR) is 114 cm³/mol. The number of benzene rings is 2. The summed E-state index contributed by atoms with van der Waals surface area (Å²) in [5.41, 5.74) is 2.40. The van der Waals surface area contributed by atoms with E-state index in [-0.39, 0.29) is 11.8 Å². The second-order valence-electron chi connectivity index (χ2n) is 8.31. The summed E-state index contributed by atoms with van der Waals surface area (Å²) in [7, 11) is 0. The Morgan fingerprint density at radius 1 is 1.07 bits per heavy atom. The summed E-state index contributed by atoms with van der Waals surface area (Å²) < 4.78 is 0. The number of pyridine rings is 1. The molecule has 5 nitrogen and oxygen atoms in total. The molecule has 0 aliphatic carbocycles. The molecule has 1 N–H and O–H groups in total. The SMILES string of the molecule is Cc1cc([C@H](C)N(C(=O)O)C(C)(C)C)ccc1C(=O)c1cccc2cnccc12. The highest BCUT2D eigenvalue weighted by Gasteiger charge is 2.31. The van der Waals surface area contributed by atoms with E-state index >= 15 is 0 Å². The van der Waals surface area contributed by atoms with Crippen LogP contribution in [0.5, 0.6) is 0 Å². The van der Waals surface area contributed by atoms with Crippen molar-refractivity contribution in [1.82, 2.24) is 9.88 Å². The van der Waals surface area contributed by atoms with Crippen molar-refractivity contribution < 1.29 is 14.7 Å². The summed E-state index contributed by atoms with van der Waals surface area (Å²) in [6.45, 7) is 9.37. The molecule has 0 aliphatic heterocycles. The molecule has 0 fully saturated rings. The van der Waals surface area contributed by atoms with Crippen LogP contribution in [0.25, 0.3) is 10.8 Å². The molecule has 0 aliphatic rings. The number of ketones is 1. The van der Waals surface area contributed by atoms with Crippen molar-refractivity contribution >= 4 is 22.6 Å². The molecule has 1 amide bonds. The van der Waals surface area contributed by atoms with E-state index in [1.165, 1.54) is 4.90 Å². The average molecular weight is 390 g/mol. The van der Waals surface area contributed by atoms with Gasteiger partial charge in [0, 0.05) is 34.4 Å². The van der Waals surface area contributed by atoms with Crippen LogP contribution in [-0.2, 0) is 0 Å². The zero-order valence-corrected chi connectivity index (χ0v) is 17.4. The van der Waals surface area contributed by atoms with E-state index in [9.17, 15) is 14.7 Å². The number of rotatable bonds is 4.